The first-order valence-corrected chi connectivity index (χ1v) is 7.23. The topological polar surface area (TPSA) is 93.1 Å². The van der Waals surface area contributed by atoms with Crippen molar-refractivity contribution >= 4 is 11.9 Å². The van der Waals surface area contributed by atoms with Crippen LogP contribution in [0.3, 0.4) is 0 Å². The van der Waals surface area contributed by atoms with E-state index in [4.69, 9.17) is 9.47 Å². The Morgan fingerprint density at radius 3 is 2.25 bits per heavy atom. The first-order chi connectivity index (χ1) is 11.5. The van der Waals surface area contributed by atoms with Crippen LogP contribution in [0, 0.1) is 0 Å². The molecule has 0 bridgehead atoms. The fourth-order valence-electron chi connectivity index (χ4n) is 2.57. The zero-order chi connectivity index (χ0) is 17.7. The van der Waals surface area contributed by atoms with Crippen LogP contribution >= 0.6 is 0 Å². The monoisotopic (exact) mass is 330 g/mol. The number of carbonyl (C=O) groups is 2. The van der Waals surface area contributed by atoms with Crippen LogP contribution in [-0.4, -0.2) is 36.4 Å². The zero-order valence-corrected chi connectivity index (χ0v) is 13.4. The Morgan fingerprint density at radius 1 is 1.00 bits per heavy atom. The second-order valence-corrected chi connectivity index (χ2v) is 5.18. The summed E-state index contributed by atoms with van der Waals surface area (Å²) in [6.45, 7) is 0. The van der Waals surface area contributed by atoms with Crippen LogP contribution in [0.25, 0.3) is 0 Å². The van der Waals surface area contributed by atoms with E-state index in [9.17, 15) is 19.8 Å². The lowest BCUT2D eigenvalue weighted by atomic mass is 9.88. The van der Waals surface area contributed by atoms with E-state index in [0.29, 0.717) is 17.1 Å². The van der Waals surface area contributed by atoms with Gasteiger partial charge in [0.1, 0.15) is 0 Å². The Labute approximate surface area is 139 Å². The van der Waals surface area contributed by atoms with Gasteiger partial charge in [-0.3, -0.25) is 4.79 Å². The summed E-state index contributed by atoms with van der Waals surface area (Å²) < 4.78 is 10.4. The van der Waals surface area contributed by atoms with Crippen molar-refractivity contribution in [2.45, 2.75) is 12.3 Å². The number of benzene rings is 2. The lowest BCUT2D eigenvalue weighted by Gasteiger charge is -2.16. The van der Waals surface area contributed by atoms with Gasteiger partial charge in [0, 0.05) is 0 Å². The molecule has 6 heteroatoms. The fraction of sp³-hybridized carbons (Fsp3) is 0.222. The molecule has 0 saturated heterocycles. The van der Waals surface area contributed by atoms with E-state index in [-0.39, 0.29) is 17.5 Å². The van der Waals surface area contributed by atoms with Crippen LogP contribution in [0.5, 0.6) is 11.5 Å². The highest BCUT2D eigenvalue weighted by atomic mass is 16.5. The fourth-order valence-corrected chi connectivity index (χ4v) is 2.57. The van der Waals surface area contributed by atoms with E-state index in [1.807, 2.05) is 0 Å². The average Bonchev–Trinajstić information content (AvgIpc) is 2.59. The molecule has 0 aliphatic heterocycles. The summed E-state index contributed by atoms with van der Waals surface area (Å²) in [5.74, 6) is -2.18. The predicted octanol–water partition coefficient (Wildman–Crippen LogP) is 2.81. The zero-order valence-electron chi connectivity index (χ0n) is 13.4. The molecule has 0 fully saturated rings. The number of methoxy groups -OCH3 is 2. The summed E-state index contributed by atoms with van der Waals surface area (Å²) >= 11 is 0. The van der Waals surface area contributed by atoms with Gasteiger partial charge < -0.3 is 19.7 Å². The van der Waals surface area contributed by atoms with Gasteiger partial charge in [-0.1, -0.05) is 24.3 Å². The summed E-state index contributed by atoms with van der Waals surface area (Å²) in [5.41, 5.74) is 0.970. The number of hydrogen-bond donors (Lipinski definition) is 2. The molecule has 0 unspecified atom stereocenters. The van der Waals surface area contributed by atoms with Gasteiger partial charge in [0.2, 0.25) is 0 Å². The Kier molecular flexibility index (Phi) is 5.42. The average molecular weight is 330 g/mol. The number of ether oxygens (including phenoxy) is 2. The smallest absolute Gasteiger partial charge is 0.335 e. The Balaban J connectivity index is 2.40. The molecule has 2 aromatic carbocycles. The van der Waals surface area contributed by atoms with Crippen molar-refractivity contribution in [3.8, 4) is 11.5 Å². The summed E-state index contributed by atoms with van der Waals surface area (Å²) in [6, 6.07) is 11.3. The maximum Gasteiger partial charge on any atom is 0.335 e. The third-order valence-electron chi connectivity index (χ3n) is 3.75. The number of aliphatic carboxylic acids is 1. The highest BCUT2D eigenvalue weighted by Crippen LogP contribution is 2.31. The minimum absolute atomic E-state index is 0.00891. The highest BCUT2D eigenvalue weighted by molar-refractivity contribution is 5.92. The SMILES string of the molecule is COc1ccc(C[C@H](C(=O)O)c2ccccc2C(=O)O)cc1OC. The third-order valence-corrected chi connectivity index (χ3v) is 3.75. The van der Waals surface area contributed by atoms with Crippen LogP contribution in [0.1, 0.15) is 27.4 Å². The van der Waals surface area contributed by atoms with Crippen molar-refractivity contribution < 1.29 is 29.3 Å². The first kappa shape index (κ1) is 17.3. The van der Waals surface area contributed by atoms with Gasteiger partial charge >= 0.3 is 11.9 Å². The molecular formula is C18H18O6. The molecule has 2 rings (SSSR count). The number of carboxylic acids is 2. The van der Waals surface area contributed by atoms with E-state index < -0.39 is 17.9 Å². The molecule has 24 heavy (non-hydrogen) atoms. The van der Waals surface area contributed by atoms with E-state index in [2.05, 4.69) is 0 Å². The molecule has 0 aliphatic carbocycles. The van der Waals surface area contributed by atoms with Gasteiger partial charge in [-0.15, -0.1) is 0 Å². The van der Waals surface area contributed by atoms with Crippen molar-refractivity contribution in [3.63, 3.8) is 0 Å². The Morgan fingerprint density at radius 2 is 1.67 bits per heavy atom. The van der Waals surface area contributed by atoms with E-state index in [1.165, 1.54) is 26.4 Å². The molecular weight excluding hydrogens is 312 g/mol. The lowest BCUT2D eigenvalue weighted by Crippen LogP contribution is -2.18. The van der Waals surface area contributed by atoms with E-state index in [1.54, 1.807) is 30.3 Å². The van der Waals surface area contributed by atoms with Crippen molar-refractivity contribution in [3.05, 3.63) is 59.2 Å². The number of aromatic carboxylic acids is 1. The number of rotatable bonds is 7. The standard InChI is InChI=1S/C18H18O6/c1-23-15-8-7-11(10-16(15)24-2)9-14(18(21)22)12-5-3-4-6-13(12)17(19)20/h3-8,10,14H,9H2,1-2H3,(H,19,20)(H,21,22)/t14-/m0/s1. The van der Waals surface area contributed by atoms with Gasteiger partial charge in [-0.05, 0) is 35.7 Å². The lowest BCUT2D eigenvalue weighted by molar-refractivity contribution is -0.138. The minimum atomic E-state index is -1.15. The van der Waals surface area contributed by atoms with Crippen molar-refractivity contribution in [1.82, 2.24) is 0 Å². The quantitative estimate of drug-likeness (QED) is 0.811. The number of hydrogen-bond acceptors (Lipinski definition) is 4. The molecule has 6 nitrogen and oxygen atoms in total. The van der Waals surface area contributed by atoms with E-state index in [0.717, 1.165) is 0 Å². The van der Waals surface area contributed by atoms with Gasteiger partial charge in [0.15, 0.2) is 11.5 Å². The summed E-state index contributed by atoms with van der Waals surface area (Å²) in [6.07, 6.45) is 0.139. The maximum atomic E-state index is 11.7. The first-order valence-electron chi connectivity index (χ1n) is 7.23. The maximum absolute atomic E-state index is 11.7. The number of carboxylic acid groups (broad SMARTS) is 2. The molecule has 0 spiro atoms. The molecule has 0 aromatic heterocycles. The molecule has 0 heterocycles. The van der Waals surface area contributed by atoms with Crippen LogP contribution in [-0.2, 0) is 11.2 Å². The van der Waals surface area contributed by atoms with Crippen LogP contribution in [0.2, 0.25) is 0 Å². The van der Waals surface area contributed by atoms with Crippen molar-refractivity contribution in [2.75, 3.05) is 14.2 Å². The van der Waals surface area contributed by atoms with Crippen molar-refractivity contribution in [1.29, 1.82) is 0 Å². The van der Waals surface area contributed by atoms with Gasteiger partial charge in [-0.25, -0.2) is 4.79 Å². The van der Waals surface area contributed by atoms with Gasteiger partial charge in [0.25, 0.3) is 0 Å². The van der Waals surface area contributed by atoms with Gasteiger partial charge in [0.05, 0.1) is 25.7 Å². The van der Waals surface area contributed by atoms with E-state index >= 15 is 0 Å². The summed E-state index contributed by atoms with van der Waals surface area (Å²) in [7, 11) is 3.01. The third kappa shape index (κ3) is 3.65. The molecule has 1 atom stereocenters. The normalized spacial score (nSPS) is 11.6. The minimum Gasteiger partial charge on any atom is -0.493 e. The molecule has 0 amide bonds. The summed E-state index contributed by atoms with van der Waals surface area (Å²) in [5, 5.41) is 18.9. The van der Waals surface area contributed by atoms with Gasteiger partial charge in [-0.2, -0.15) is 0 Å². The van der Waals surface area contributed by atoms with Crippen LogP contribution in [0.4, 0.5) is 0 Å². The molecule has 0 aliphatic rings. The second kappa shape index (κ2) is 7.50. The molecule has 126 valence electrons. The molecule has 0 radical (unpaired) electrons. The largest absolute Gasteiger partial charge is 0.493 e. The highest BCUT2D eigenvalue weighted by Gasteiger charge is 2.25. The molecule has 2 aromatic rings. The van der Waals surface area contributed by atoms with Crippen molar-refractivity contribution in [2.24, 2.45) is 0 Å². The summed E-state index contributed by atoms with van der Waals surface area (Å²) in [4.78, 5) is 23.1. The second-order valence-electron chi connectivity index (χ2n) is 5.18. The van der Waals surface area contributed by atoms with Crippen LogP contribution in [0.15, 0.2) is 42.5 Å². The predicted molar refractivity (Wildman–Crippen MR) is 87.0 cm³/mol. The Bertz CT molecular complexity index is 753. The van der Waals surface area contributed by atoms with Crippen LogP contribution < -0.4 is 9.47 Å². The molecule has 0 saturated carbocycles. The molecule has 2 N–H and O–H groups in total. The Hall–Kier alpha value is -3.02.